The molecule has 4 nitrogen and oxygen atoms in total. The third-order valence-corrected chi connectivity index (χ3v) is 2.42. The predicted octanol–water partition coefficient (Wildman–Crippen LogP) is 1.15. The number of hydrogen-bond acceptors (Lipinski definition) is 3. The average molecular weight is 212 g/mol. The molecule has 0 saturated carbocycles. The Morgan fingerprint density at radius 2 is 2.07 bits per heavy atom. The molecule has 0 radical (unpaired) electrons. The van der Waals surface area contributed by atoms with Crippen LogP contribution in [0.5, 0.6) is 0 Å². The van der Waals surface area contributed by atoms with E-state index in [0.29, 0.717) is 0 Å². The third kappa shape index (κ3) is 2.93. The fourth-order valence-corrected chi connectivity index (χ4v) is 1.40. The van der Waals surface area contributed by atoms with E-state index >= 15 is 0 Å². The topological polar surface area (TPSA) is 73.1 Å². The average Bonchev–Trinajstić information content (AvgIpc) is 2.02. The van der Waals surface area contributed by atoms with Gasteiger partial charge in [0.1, 0.15) is 4.90 Å². The molecule has 0 aliphatic carbocycles. The first kappa shape index (κ1) is 10.9. The van der Waals surface area contributed by atoms with E-state index in [2.05, 4.69) is 4.98 Å². The van der Waals surface area contributed by atoms with Gasteiger partial charge in [0.15, 0.2) is 0 Å². The van der Waals surface area contributed by atoms with Crippen molar-refractivity contribution >= 4 is 16.1 Å². The molecule has 0 aliphatic heterocycles. The minimum atomic E-state index is -3.63. The SMILES string of the molecule is CC(C)=Cc1ccc(S(N)(=O)=O)cn1. The van der Waals surface area contributed by atoms with Gasteiger partial charge < -0.3 is 0 Å². The van der Waals surface area contributed by atoms with Gasteiger partial charge in [0, 0.05) is 6.20 Å². The van der Waals surface area contributed by atoms with E-state index in [1.165, 1.54) is 12.3 Å². The Bertz CT molecular complexity index is 442. The van der Waals surface area contributed by atoms with Gasteiger partial charge in [0.25, 0.3) is 0 Å². The van der Waals surface area contributed by atoms with Crippen molar-refractivity contribution in [3.63, 3.8) is 0 Å². The first-order valence-electron chi connectivity index (χ1n) is 4.03. The molecule has 1 aromatic rings. The molecule has 0 spiro atoms. The number of aromatic nitrogens is 1. The van der Waals surface area contributed by atoms with Gasteiger partial charge in [-0.3, -0.25) is 4.98 Å². The van der Waals surface area contributed by atoms with Crippen molar-refractivity contribution in [2.24, 2.45) is 5.14 Å². The highest BCUT2D eigenvalue weighted by Crippen LogP contribution is 2.07. The number of nitrogens with zero attached hydrogens (tertiary/aromatic N) is 1. The van der Waals surface area contributed by atoms with Gasteiger partial charge >= 0.3 is 0 Å². The summed E-state index contributed by atoms with van der Waals surface area (Å²) in [5.41, 5.74) is 1.82. The van der Waals surface area contributed by atoms with Crippen molar-refractivity contribution in [1.82, 2.24) is 4.98 Å². The molecule has 76 valence electrons. The maximum atomic E-state index is 10.9. The van der Waals surface area contributed by atoms with Crippen molar-refractivity contribution in [3.8, 4) is 0 Å². The quantitative estimate of drug-likeness (QED) is 0.799. The maximum absolute atomic E-state index is 10.9. The van der Waals surface area contributed by atoms with Crippen LogP contribution in [-0.2, 0) is 10.0 Å². The molecular formula is C9H12N2O2S. The summed E-state index contributed by atoms with van der Waals surface area (Å²) in [6.45, 7) is 3.88. The van der Waals surface area contributed by atoms with E-state index in [-0.39, 0.29) is 4.90 Å². The van der Waals surface area contributed by atoms with E-state index in [0.717, 1.165) is 11.3 Å². The first-order chi connectivity index (χ1) is 6.39. The number of nitrogens with two attached hydrogens (primary N) is 1. The Balaban J connectivity index is 3.08. The Hall–Kier alpha value is -1.20. The Morgan fingerprint density at radius 3 is 2.43 bits per heavy atom. The normalized spacial score (nSPS) is 11.1. The van der Waals surface area contributed by atoms with Crippen LogP contribution in [0.4, 0.5) is 0 Å². The Labute approximate surface area is 83.5 Å². The minimum absolute atomic E-state index is 0.0309. The molecule has 0 fully saturated rings. The highest BCUT2D eigenvalue weighted by molar-refractivity contribution is 7.89. The van der Waals surface area contributed by atoms with Crippen LogP contribution in [0.25, 0.3) is 6.08 Å². The van der Waals surface area contributed by atoms with Crippen LogP contribution < -0.4 is 5.14 Å². The lowest BCUT2D eigenvalue weighted by molar-refractivity contribution is 0.597. The highest BCUT2D eigenvalue weighted by atomic mass is 32.2. The van der Waals surface area contributed by atoms with Crippen molar-refractivity contribution in [3.05, 3.63) is 29.6 Å². The van der Waals surface area contributed by atoms with Crippen molar-refractivity contribution in [1.29, 1.82) is 0 Å². The van der Waals surface area contributed by atoms with Gasteiger partial charge in [0.05, 0.1) is 5.69 Å². The summed E-state index contributed by atoms with van der Waals surface area (Å²) in [5.74, 6) is 0. The monoisotopic (exact) mass is 212 g/mol. The number of allylic oxidation sites excluding steroid dienone is 1. The maximum Gasteiger partial charge on any atom is 0.239 e. The van der Waals surface area contributed by atoms with E-state index in [1.807, 2.05) is 19.9 Å². The van der Waals surface area contributed by atoms with Gasteiger partial charge in [-0.1, -0.05) is 5.57 Å². The molecule has 0 saturated heterocycles. The van der Waals surface area contributed by atoms with Gasteiger partial charge in [0.2, 0.25) is 10.0 Å². The van der Waals surface area contributed by atoms with Crippen LogP contribution in [0.3, 0.4) is 0 Å². The van der Waals surface area contributed by atoms with Gasteiger partial charge in [-0.05, 0) is 32.1 Å². The van der Waals surface area contributed by atoms with E-state index in [4.69, 9.17) is 5.14 Å². The van der Waals surface area contributed by atoms with Crippen LogP contribution >= 0.6 is 0 Å². The lowest BCUT2D eigenvalue weighted by atomic mass is 10.2. The van der Waals surface area contributed by atoms with E-state index < -0.39 is 10.0 Å². The molecule has 0 atom stereocenters. The van der Waals surface area contributed by atoms with Crippen LogP contribution in [-0.4, -0.2) is 13.4 Å². The molecule has 14 heavy (non-hydrogen) atoms. The Morgan fingerprint density at radius 1 is 1.43 bits per heavy atom. The summed E-state index contributed by atoms with van der Waals surface area (Å²) >= 11 is 0. The summed E-state index contributed by atoms with van der Waals surface area (Å²) < 4.78 is 21.8. The molecule has 1 heterocycles. The second-order valence-electron chi connectivity index (χ2n) is 3.19. The number of rotatable bonds is 2. The van der Waals surface area contributed by atoms with Crippen LogP contribution in [0.1, 0.15) is 19.5 Å². The molecule has 2 N–H and O–H groups in total. The van der Waals surface area contributed by atoms with E-state index in [9.17, 15) is 8.42 Å². The van der Waals surface area contributed by atoms with Gasteiger partial charge in [-0.25, -0.2) is 13.6 Å². The first-order valence-corrected chi connectivity index (χ1v) is 5.58. The van der Waals surface area contributed by atoms with Gasteiger partial charge in [-0.15, -0.1) is 0 Å². The molecular weight excluding hydrogens is 200 g/mol. The number of primary sulfonamides is 1. The summed E-state index contributed by atoms with van der Waals surface area (Å²) in [7, 11) is -3.63. The zero-order valence-corrected chi connectivity index (χ0v) is 8.88. The van der Waals surface area contributed by atoms with Crippen LogP contribution in [0, 0.1) is 0 Å². The fourth-order valence-electron chi connectivity index (χ4n) is 0.941. The summed E-state index contributed by atoms with van der Waals surface area (Å²) in [6, 6.07) is 3.06. The standard InChI is InChI=1S/C9H12N2O2S/c1-7(2)5-8-3-4-9(6-11-8)14(10,12)13/h3-6H,1-2H3,(H2,10,12,13). The second kappa shape index (κ2) is 3.89. The van der Waals surface area contributed by atoms with Crippen molar-refractivity contribution < 1.29 is 8.42 Å². The molecule has 1 rings (SSSR count). The zero-order chi connectivity index (χ0) is 10.8. The smallest absolute Gasteiger partial charge is 0.239 e. The summed E-state index contributed by atoms with van der Waals surface area (Å²) in [4.78, 5) is 3.98. The molecule has 5 heteroatoms. The largest absolute Gasteiger partial charge is 0.255 e. The predicted molar refractivity (Wildman–Crippen MR) is 54.9 cm³/mol. The molecule has 0 bridgehead atoms. The Kier molecular flexibility index (Phi) is 3.03. The van der Waals surface area contributed by atoms with Crippen LogP contribution in [0.2, 0.25) is 0 Å². The summed E-state index contributed by atoms with van der Waals surface area (Å²) in [5, 5.41) is 4.92. The molecule has 0 amide bonds. The minimum Gasteiger partial charge on any atom is -0.255 e. The zero-order valence-electron chi connectivity index (χ0n) is 8.06. The lowest BCUT2D eigenvalue weighted by Crippen LogP contribution is -2.12. The third-order valence-electron chi connectivity index (χ3n) is 1.52. The number of pyridine rings is 1. The summed E-state index contributed by atoms with van der Waals surface area (Å²) in [6.07, 6.45) is 3.11. The molecule has 0 unspecified atom stereocenters. The molecule has 0 aliphatic rings. The van der Waals surface area contributed by atoms with Crippen molar-refractivity contribution in [2.75, 3.05) is 0 Å². The number of sulfonamides is 1. The molecule has 0 aromatic carbocycles. The molecule has 1 aromatic heterocycles. The lowest BCUT2D eigenvalue weighted by Gasteiger charge is -1.98. The number of hydrogen-bond donors (Lipinski definition) is 1. The van der Waals surface area contributed by atoms with E-state index in [1.54, 1.807) is 6.07 Å². The van der Waals surface area contributed by atoms with Gasteiger partial charge in [-0.2, -0.15) is 0 Å². The van der Waals surface area contributed by atoms with Crippen molar-refractivity contribution in [2.45, 2.75) is 18.7 Å². The second-order valence-corrected chi connectivity index (χ2v) is 4.75. The highest BCUT2D eigenvalue weighted by Gasteiger charge is 2.06. The fraction of sp³-hybridized carbons (Fsp3) is 0.222. The van der Waals surface area contributed by atoms with Crippen LogP contribution in [0.15, 0.2) is 28.8 Å².